The van der Waals surface area contributed by atoms with Crippen molar-refractivity contribution in [2.45, 2.75) is 0 Å². The first-order chi connectivity index (χ1) is 12.1. The molecule has 0 unspecified atom stereocenters. The lowest BCUT2D eigenvalue weighted by molar-refractivity contribution is 0.578. The number of pyridine rings is 3. The van der Waals surface area contributed by atoms with Gasteiger partial charge >= 0.3 is 0 Å². The van der Waals surface area contributed by atoms with Crippen molar-refractivity contribution in [2.24, 2.45) is 0 Å². The molecule has 0 aliphatic carbocycles. The Balaban J connectivity index is 2.14. The van der Waals surface area contributed by atoms with Crippen molar-refractivity contribution in [3.8, 4) is 22.5 Å². The molecule has 0 bridgehead atoms. The lowest BCUT2D eigenvalue weighted by Gasteiger charge is -2.11. The number of hydrogen-bond acceptors (Lipinski definition) is 5. The second-order valence-corrected chi connectivity index (χ2v) is 5.17. The Bertz CT molecular complexity index is 1120. The first-order valence-electron chi connectivity index (χ1n) is 7.24. The van der Waals surface area contributed by atoms with Gasteiger partial charge in [0, 0.05) is 30.2 Å². The van der Waals surface area contributed by atoms with Gasteiger partial charge in [-0.1, -0.05) is 0 Å². The van der Waals surface area contributed by atoms with E-state index in [4.69, 9.17) is 0 Å². The zero-order valence-electron chi connectivity index (χ0n) is 12.6. The maximum Gasteiger partial charge on any atom is 0.209 e. The first-order valence-corrected chi connectivity index (χ1v) is 7.24. The molecule has 1 N–H and O–H groups in total. The highest BCUT2D eigenvalue weighted by Gasteiger charge is 2.21. The molecule has 0 saturated carbocycles. The third kappa shape index (κ3) is 2.53. The fourth-order valence-corrected chi connectivity index (χ4v) is 2.51. The zero-order valence-corrected chi connectivity index (χ0v) is 12.6. The number of fused-ring (bicyclic) bond motifs is 1. The van der Waals surface area contributed by atoms with Crippen molar-refractivity contribution in [3.63, 3.8) is 0 Å². The molecule has 0 aliphatic heterocycles. The minimum absolute atomic E-state index is 0.00841. The van der Waals surface area contributed by atoms with E-state index >= 15 is 0 Å². The Kier molecular flexibility index (Phi) is 3.50. The Morgan fingerprint density at radius 1 is 0.880 bits per heavy atom. The van der Waals surface area contributed by atoms with Gasteiger partial charge in [0.15, 0.2) is 22.8 Å². The van der Waals surface area contributed by atoms with E-state index in [-0.39, 0.29) is 28.1 Å². The topological polar surface area (TPSA) is 84.4 Å². The van der Waals surface area contributed by atoms with E-state index in [2.05, 4.69) is 24.9 Å². The summed E-state index contributed by atoms with van der Waals surface area (Å²) in [4.78, 5) is 30.8. The van der Waals surface area contributed by atoms with Gasteiger partial charge in [-0.3, -0.25) is 14.8 Å². The quantitative estimate of drug-likeness (QED) is 0.608. The van der Waals surface area contributed by atoms with Crippen molar-refractivity contribution in [1.82, 2.24) is 24.9 Å². The van der Waals surface area contributed by atoms with E-state index in [1.807, 2.05) is 0 Å². The molecule has 0 radical (unpaired) electrons. The van der Waals surface area contributed by atoms with Crippen LogP contribution in [-0.4, -0.2) is 24.9 Å². The third-order valence-electron chi connectivity index (χ3n) is 3.63. The van der Waals surface area contributed by atoms with Crippen molar-refractivity contribution in [3.05, 3.63) is 71.0 Å². The second-order valence-electron chi connectivity index (χ2n) is 5.17. The molecule has 0 aliphatic rings. The van der Waals surface area contributed by atoms with Crippen molar-refractivity contribution in [2.75, 3.05) is 0 Å². The minimum atomic E-state index is -0.892. The van der Waals surface area contributed by atoms with Gasteiger partial charge in [0.25, 0.3) is 0 Å². The molecule has 0 aromatic carbocycles. The first kappa shape index (κ1) is 15.0. The molecule has 6 nitrogen and oxygen atoms in total. The number of halogens is 2. The zero-order chi connectivity index (χ0) is 17.4. The highest BCUT2D eigenvalue weighted by atomic mass is 19.1. The number of H-pyrrole nitrogens is 1. The van der Waals surface area contributed by atoms with Crippen LogP contribution in [0.2, 0.25) is 0 Å². The summed E-state index contributed by atoms with van der Waals surface area (Å²) < 4.78 is 28.5. The monoisotopic (exact) mass is 337 g/mol. The summed E-state index contributed by atoms with van der Waals surface area (Å²) in [6.07, 6.45) is 6.25. The standard InChI is InChI=1S/C17H9F2N5O/c18-10-7-21-8-11(19)13(10)16-14(9-1-4-20-5-2-9)24-17-15(23-16)12(25)3-6-22-17/h1-8H,(H,22,24,25). The minimum Gasteiger partial charge on any atom is -0.345 e. The Labute approximate surface area is 139 Å². The molecule has 0 fully saturated rings. The van der Waals surface area contributed by atoms with Gasteiger partial charge in [0.05, 0.1) is 23.7 Å². The molecule has 122 valence electrons. The van der Waals surface area contributed by atoms with Gasteiger partial charge in [-0.05, 0) is 12.1 Å². The lowest BCUT2D eigenvalue weighted by atomic mass is 10.0. The summed E-state index contributed by atoms with van der Waals surface area (Å²) in [5, 5.41) is 0. The van der Waals surface area contributed by atoms with Gasteiger partial charge in [-0.25, -0.2) is 18.7 Å². The molecule has 8 heteroatoms. The maximum absolute atomic E-state index is 14.3. The number of hydrogen-bond donors (Lipinski definition) is 1. The average Bonchev–Trinajstić information content (AvgIpc) is 2.62. The number of rotatable bonds is 2. The normalized spacial score (nSPS) is 11.0. The van der Waals surface area contributed by atoms with Gasteiger partial charge in [-0.2, -0.15) is 0 Å². The molecular weight excluding hydrogens is 328 g/mol. The average molecular weight is 337 g/mol. The molecule has 0 saturated heterocycles. The predicted octanol–water partition coefficient (Wildman–Crippen LogP) is 2.72. The predicted molar refractivity (Wildman–Crippen MR) is 86.5 cm³/mol. The SMILES string of the molecule is O=c1cc[nH]c2nc(-c3ccncc3)c(-c3c(F)cncc3F)nc12. The highest BCUT2D eigenvalue weighted by Crippen LogP contribution is 2.32. The van der Waals surface area contributed by atoms with Crippen LogP contribution in [0.25, 0.3) is 33.7 Å². The summed E-state index contributed by atoms with van der Waals surface area (Å²) >= 11 is 0. The van der Waals surface area contributed by atoms with Gasteiger partial charge in [-0.15, -0.1) is 0 Å². The largest absolute Gasteiger partial charge is 0.345 e. The van der Waals surface area contributed by atoms with Crippen molar-refractivity contribution >= 4 is 11.2 Å². The molecule has 4 heterocycles. The van der Waals surface area contributed by atoms with Gasteiger partial charge in [0.1, 0.15) is 5.69 Å². The van der Waals surface area contributed by atoms with Crippen LogP contribution in [0.15, 0.2) is 54.0 Å². The van der Waals surface area contributed by atoms with E-state index < -0.39 is 17.1 Å². The molecule has 0 atom stereocenters. The van der Waals surface area contributed by atoms with E-state index in [1.54, 1.807) is 12.1 Å². The summed E-state index contributed by atoms with van der Waals surface area (Å²) in [5.74, 6) is -1.78. The van der Waals surface area contributed by atoms with Crippen molar-refractivity contribution in [1.29, 1.82) is 0 Å². The van der Waals surface area contributed by atoms with E-state index in [9.17, 15) is 13.6 Å². The molecule has 4 aromatic rings. The summed E-state index contributed by atoms with van der Waals surface area (Å²) in [5.41, 5.74) is 0.121. The van der Waals surface area contributed by atoms with Crippen LogP contribution < -0.4 is 5.43 Å². The van der Waals surface area contributed by atoms with Crippen LogP contribution in [0.3, 0.4) is 0 Å². The number of aromatic amines is 1. The number of aromatic nitrogens is 5. The third-order valence-corrected chi connectivity index (χ3v) is 3.63. The van der Waals surface area contributed by atoms with Crippen LogP contribution in [0.4, 0.5) is 8.78 Å². The highest BCUT2D eigenvalue weighted by molar-refractivity contribution is 5.84. The maximum atomic E-state index is 14.3. The van der Waals surface area contributed by atoms with E-state index in [0.29, 0.717) is 5.56 Å². The molecule has 0 amide bonds. The molecule has 4 aromatic heterocycles. The Hall–Kier alpha value is -3.55. The van der Waals surface area contributed by atoms with Crippen LogP contribution in [-0.2, 0) is 0 Å². The number of nitrogens with zero attached hydrogens (tertiary/aromatic N) is 4. The second kappa shape index (κ2) is 5.82. The van der Waals surface area contributed by atoms with Crippen molar-refractivity contribution < 1.29 is 8.78 Å². The smallest absolute Gasteiger partial charge is 0.209 e. The fraction of sp³-hybridized carbons (Fsp3) is 0. The van der Waals surface area contributed by atoms with Crippen LogP contribution in [0.5, 0.6) is 0 Å². The lowest BCUT2D eigenvalue weighted by Crippen LogP contribution is -2.08. The summed E-state index contributed by atoms with van der Waals surface area (Å²) in [6, 6.07) is 4.54. The summed E-state index contributed by atoms with van der Waals surface area (Å²) in [7, 11) is 0. The Morgan fingerprint density at radius 3 is 2.32 bits per heavy atom. The van der Waals surface area contributed by atoms with E-state index in [1.165, 1.54) is 24.7 Å². The van der Waals surface area contributed by atoms with Gasteiger partial charge < -0.3 is 4.98 Å². The van der Waals surface area contributed by atoms with Gasteiger partial charge in [0.2, 0.25) is 5.43 Å². The molecule has 0 spiro atoms. The molecule has 4 rings (SSSR count). The van der Waals surface area contributed by atoms with Crippen LogP contribution in [0, 0.1) is 11.6 Å². The van der Waals surface area contributed by atoms with E-state index in [0.717, 1.165) is 12.4 Å². The number of nitrogens with one attached hydrogen (secondary N) is 1. The molecular formula is C17H9F2N5O. The summed E-state index contributed by atoms with van der Waals surface area (Å²) in [6.45, 7) is 0. The fourth-order valence-electron chi connectivity index (χ4n) is 2.51. The molecule has 25 heavy (non-hydrogen) atoms. The Morgan fingerprint density at radius 2 is 1.60 bits per heavy atom. The van der Waals surface area contributed by atoms with Crippen LogP contribution >= 0.6 is 0 Å². The van der Waals surface area contributed by atoms with Crippen LogP contribution in [0.1, 0.15) is 0 Å².